The summed E-state index contributed by atoms with van der Waals surface area (Å²) in [5.41, 5.74) is 15.8. The van der Waals surface area contributed by atoms with E-state index in [4.69, 9.17) is 11.5 Å². The van der Waals surface area contributed by atoms with Gasteiger partial charge in [0.2, 0.25) is 0 Å². The molecule has 2 atom stereocenters. The van der Waals surface area contributed by atoms with Gasteiger partial charge in [-0.1, -0.05) is 37.5 Å². The zero-order chi connectivity index (χ0) is 19.9. The van der Waals surface area contributed by atoms with Crippen LogP contribution in [-0.2, 0) is 5.66 Å². The Morgan fingerprint density at radius 1 is 0.897 bits per heavy atom. The molecule has 0 spiro atoms. The van der Waals surface area contributed by atoms with Gasteiger partial charge < -0.3 is 16.0 Å². The van der Waals surface area contributed by atoms with Gasteiger partial charge in [0.05, 0.1) is 5.66 Å². The van der Waals surface area contributed by atoms with Crippen molar-refractivity contribution in [2.75, 3.05) is 25.0 Å². The van der Waals surface area contributed by atoms with E-state index in [-0.39, 0.29) is 0 Å². The van der Waals surface area contributed by atoms with E-state index in [1.54, 1.807) is 0 Å². The molecule has 160 valence electrons. The maximum absolute atomic E-state index is 7.04. The lowest BCUT2D eigenvalue weighted by molar-refractivity contribution is 0.0901. The van der Waals surface area contributed by atoms with E-state index in [0.29, 0.717) is 5.92 Å². The highest BCUT2D eigenvalue weighted by Crippen LogP contribution is 2.45. The van der Waals surface area contributed by atoms with Crippen molar-refractivity contribution < 1.29 is 0 Å². The van der Waals surface area contributed by atoms with E-state index in [1.165, 1.54) is 83.0 Å². The Hall–Kier alpha value is -1.14. The molecule has 2 aliphatic carbocycles. The van der Waals surface area contributed by atoms with Crippen LogP contribution in [0.4, 0.5) is 5.69 Å². The molecule has 1 aromatic rings. The molecule has 1 aromatic carbocycles. The molecule has 5 nitrogen and oxygen atoms in total. The molecule has 5 rings (SSSR count). The number of nitrogens with one attached hydrogen (secondary N) is 2. The highest BCUT2D eigenvalue weighted by molar-refractivity contribution is 5.58. The molecule has 4 aliphatic rings. The fourth-order valence-corrected chi connectivity index (χ4v) is 6.12. The second-order valence-corrected chi connectivity index (χ2v) is 10.4. The maximum Gasteiger partial charge on any atom is 0.145 e. The molecule has 0 amide bonds. The van der Waals surface area contributed by atoms with E-state index in [9.17, 15) is 0 Å². The quantitative estimate of drug-likeness (QED) is 0.611. The molecule has 2 saturated carbocycles. The Kier molecular flexibility index (Phi) is 5.35. The lowest BCUT2D eigenvalue weighted by Gasteiger charge is -2.52. The molecule has 2 aliphatic heterocycles. The molecule has 1 saturated heterocycles. The van der Waals surface area contributed by atoms with Crippen molar-refractivity contribution in [3.63, 3.8) is 0 Å². The first-order chi connectivity index (χ1) is 14.0. The second-order valence-electron chi connectivity index (χ2n) is 10.4. The van der Waals surface area contributed by atoms with Crippen molar-refractivity contribution >= 4 is 5.69 Å². The predicted molar refractivity (Wildman–Crippen MR) is 119 cm³/mol. The summed E-state index contributed by atoms with van der Waals surface area (Å²) in [6.45, 7) is 3.89. The van der Waals surface area contributed by atoms with Crippen LogP contribution >= 0.6 is 0 Å². The number of hydrogen-bond acceptors (Lipinski definition) is 5. The summed E-state index contributed by atoms with van der Waals surface area (Å²) in [5.74, 6) is 1.37. The van der Waals surface area contributed by atoms with Crippen molar-refractivity contribution in [2.24, 2.45) is 29.2 Å². The van der Waals surface area contributed by atoms with Gasteiger partial charge in [-0.3, -0.25) is 11.1 Å². The van der Waals surface area contributed by atoms with Crippen molar-refractivity contribution in [1.82, 2.24) is 10.2 Å². The number of rotatable bonds is 5. The number of piperidine rings is 1. The van der Waals surface area contributed by atoms with Crippen molar-refractivity contribution in [3.8, 4) is 0 Å². The summed E-state index contributed by atoms with van der Waals surface area (Å²) in [6.07, 6.45) is 12.7. The first-order valence-electron chi connectivity index (χ1n) is 12.0. The highest BCUT2D eigenvalue weighted by atomic mass is 15.4. The monoisotopic (exact) mass is 397 g/mol. The molecule has 0 bridgehead atoms. The van der Waals surface area contributed by atoms with E-state index < -0.39 is 11.4 Å². The van der Waals surface area contributed by atoms with Crippen LogP contribution in [0.15, 0.2) is 24.3 Å². The van der Waals surface area contributed by atoms with Gasteiger partial charge in [0.15, 0.2) is 0 Å². The van der Waals surface area contributed by atoms with Gasteiger partial charge in [-0.05, 0) is 75.9 Å². The number of hydrogen-bond donors (Lipinski definition) is 4. The first-order valence-corrected chi connectivity index (χ1v) is 12.0. The minimum absolute atomic E-state index is 0.413. The van der Waals surface area contributed by atoms with E-state index in [2.05, 4.69) is 39.8 Å². The van der Waals surface area contributed by atoms with Crippen LogP contribution < -0.4 is 22.1 Å². The molecule has 2 heterocycles. The van der Waals surface area contributed by atoms with Gasteiger partial charge in [0, 0.05) is 23.7 Å². The maximum atomic E-state index is 7.04. The fourth-order valence-electron chi connectivity index (χ4n) is 6.12. The number of nitrogens with two attached hydrogens (primary N) is 2. The van der Waals surface area contributed by atoms with E-state index >= 15 is 0 Å². The fraction of sp³-hybridized carbons (Fsp3) is 0.750. The molecular formula is C24H39N5. The molecular weight excluding hydrogens is 358 g/mol. The predicted octanol–water partition coefficient (Wildman–Crippen LogP) is 3.52. The Morgan fingerprint density at radius 3 is 2.31 bits per heavy atom. The van der Waals surface area contributed by atoms with Crippen LogP contribution in [0.3, 0.4) is 0 Å². The van der Waals surface area contributed by atoms with Crippen LogP contribution in [0.25, 0.3) is 0 Å². The standard InChI is InChI=1S/C24H39N5/c25-23(16-18-8-9-18)21-6-2-3-7-22(21)27-24(26,28-23)20-12-10-19(11-13-20)17-29-14-4-1-5-15-29/h2-3,6-7,18-20,27-28H,1,4-5,8-17,25-26H2. The molecule has 0 aromatic heterocycles. The van der Waals surface area contributed by atoms with Gasteiger partial charge in [-0.2, -0.15) is 0 Å². The summed E-state index contributed by atoms with van der Waals surface area (Å²) in [4.78, 5) is 2.70. The third kappa shape index (κ3) is 4.20. The molecule has 3 fully saturated rings. The van der Waals surface area contributed by atoms with Gasteiger partial charge in [0.1, 0.15) is 5.79 Å². The zero-order valence-corrected chi connectivity index (χ0v) is 17.8. The van der Waals surface area contributed by atoms with Gasteiger partial charge in [-0.25, -0.2) is 0 Å². The Bertz CT molecular complexity index is 705. The van der Waals surface area contributed by atoms with Gasteiger partial charge in [-0.15, -0.1) is 0 Å². The van der Waals surface area contributed by atoms with Crippen molar-refractivity contribution in [1.29, 1.82) is 0 Å². The van der Waals surface area contributed by atoms with Crippen molar-refractivity contribution in [2.45, 2.75) is 75.7 Å². The smallest absolute Gasteiger partial charge is 0.145 e. The number of nitrogens with zero attached hydrogens (tertiary/aromatic N) is 1. The van der Waals surface area contributed by atoms with Crippen molar-refractivity contribution in [3.05, 3.63) is 29.8 Å². The number of anilines is 1. The van der Waals surface area contributed by atoms with Crippen LogP contribution in [0.1, 0.15) is 69.8 Å². The van der Waals surface area contributed by atoms with Crippen LogP contribution in [0.5, 0.6) is 0 Å². The SMILES string of the molecule is NC1(CC2CC2)NC(N)(C2CCC(CN3CCCCC3)CC2)Nc2ccccc21. The molecule has 6 N–H and O–H groups in total. The lowest BCUT2D eigenvalue weighted by Crippen LogP contribution is -2.74. The van der Waals surface area contributed by atoms with E-state index in [0.717, 1.165) is 23.9 Å². The summed E-state index contributed by atoms with van der Waals surface area (Å²) in [6, 6.07) is 8.48. The Balaban J connectivity index is 1.27. The van der Waals surface area contributed by atoms with Gasteiger partial charge >= 0.3 is 0 Å². The number of likely N-dealkylation sites (tertiary alicyclic amines) is 1. The van der Waals surface area contributed by atoms with E-state index in [1.807, 2.05) is 0 Å². The third-order valence-electron chi connectivity index (χ3n) is 7.94. The minimum Gasteiger partial charge on any atom is -0.355 e. The average molecular weight is 398 g/mol. The Morgan fingerprint density at radius 2 is 1.59 bits per heavy atom. The normalized spacial score (nSPS) is 38.3. The first kappa shape index (κ1) is 19.8. The Labute approximate surface area is 176 Å². The topological polar surface area (TPSA) is 79.3 Å². The summed E-state index contributed by atoms with van der Waals surface area (Å²) in [7, 11) is 0. The largest absolute Gasteiger partial charge is 0.355 e. The minimum atomic E-state index is -0.617. The molecule has 0 radical (unpaired) electrons. The zero-order valence-electron chi connectivity index (χ0n) is 17.8. The molecule has 5 heteroatoms. The van der Waals surface area contributed by atoms with Crippen LogP contribution in [0.2, 0.25) is 0 Å². The summed E-state index contributed by atoms with van der Waals surface area (Å²) in [5, 5.41) is 7.40. The van der Waals surface area contributed by atoms with Crippen LogP contribution in [-0.4, -0.2) is 30.3 Å². The highest BCUT2D eigenvalue weighted by Gasteiger charge is 2.49. The third-order valence-corrected chi connectivity index (χ3v) is 7.94. The number of fused-ring (bicyclic) bond motifs is 1. The number of benzene rings is 1. The van der Waals surface area contributed by atoms with Crippen LogP contribution in [0, 0.1) is 17.8 Å². The second kappa shape index (κ2) is 7.84. The summed E-state index contributed by atoms with van der Waals surface area (Å²) >= 11 is 0. The lowest BCUT2D eigenvalue weighted by atomic mass is 9.76. The van der Waals surface area contributed by atoms with Gasteiger partial charge in [0.25, 0.3) is 0 Å². The molecule has 2 unspecified atom stereocenters. The number of para-hydroxylation sites is 1. The summed E-state index contributed by atoms with van der Waals surface area (Å²) < 4.78 is 0. The average Bonchev–Trinajstić information content (AvgIpc) is 3.53. The molecule has 29 heavy (non-hydrogen) atoms.